The largest absolute Gasteiger partial charge is 0.497 e. The first-order valence-corrected chi connectivity index (χ1v) is 20.5. The molecule has 4 aromatic rings. The molecule has 0 amide bonds. The molecule has 0 spiro atoms. The second-order valence-electron chi connectivity index (χ2n) is 13.2. The number of hydrogen-bond acceptors (Lipinski definition) is 11. The van der Waals surface area contributed by atoms with Gasteiger partial charge in [-0.3, -0.25) is 4.98 Å². The third-order valence-electron chi connectivity index (χ3n) is 9.74. The summed E-state index contributed by atoms with van der Waals surface area (Å²) in [6, 6.07) is 11.8. The number of ether oxygens (including phenoxy) is 3. The smallest absolute Gasteiger partial charge is 0.290 e. The summed E-state index contributed by atoms with van der Waals surface area (Å²) in [5, 5.41) is 1.90. The Balaban J connectivity index is 1.13. The van der Waals surface area contributed by atoms with Crippen molar-refractivity contribution in [1.29, 1.82) is 9.56 Å². The van der Waals surface area contributed by atoms with Gasteiger partial charge in [0.1, 0.15) is 31.1 Å². The van der Waals surface area contributed by atoms with Gasteiger partial charge in [-0.1, -0.05) is 0 Å². The zero-order valence-corrected chi connectivity index (χ0v) is 30.8. The number of pyridine rings is 1. The number of piperidine rings is 2. The molecule has 2 unspecified atom stereocenters. The summed E-state index contributed by atoms with van der Waals surface area (Å²) in [5.41, 5.74) is 2.79. The lowest BCUT2D eigenvalue weighted by Gasteiger charge is -2.34. The van der Waals surface area contributed by atoms with E-state index in [9.17, 15) is 8.42 Å². The number of benzene rings is 2. The molecule has 4 N–H and O–H groups in total. The monoisotopic (exact) mass is 726 g/mol. The molecule has 6 rings (SSSR count). The van der Waals surface area contributed by atoms with E-state index in [0.717, 1.165) is 90.9 Å². The van der Waals surface area contributed by atoms with E-state index < -0.39 is 19.8 Å². The van der Waals surface area contributed by atoms with E-state index in [2.05, 4.69) is 36.4 Å². The lowest BCUT2D eigenvalue weighted by atomic mass is 9.96. The van der Waals surface area contributed by atoms with E-state index in [4.69, 9.17) is 28.8 Å². The van der Waals surface area contributed by atoms with Crippen LogP contribution in [0.4, 0.5) is 11.5 Å². The van der Waals surface area contributed by atoms with Crippen molar-refractivity contribution in [2.75, 3.05) is 76.7 Å². The highest BCUT2D eigenvalue weighted by atomic mass is 32.2. The molecule has 14 nitrogen and oxygen atoms in total. The minimum absolute atomic E-state index is 0.0747. The molecule has 2 aliphatic rings. The highest BCUT2D eigenvalue weighted by Crippen LogP contribution is 2.36. The molecule has 0 bridgehead atoms. The van der Waals surface area contributed by atoms with Crippen molar-refractivity contribution in [3.05, 3.63) is 48.9 Å². The van der Waals surface area contributed by atoms with Gasteiger partial charge in [0.05, 0.1) is 32.2 Å². The highest BCUT2D eigenvalue weighted by molar-refractivity contribution is 7.89. The average molecular weight is 727 g/mol. The first-order valence-electron chi connectivity index (χ1n) is 16.8. The van der Waals surface area contributed by atoms with E-state index in [-0.39, 0.29) is 5.88 Å². The van der Waals surface area contributed by atoms with Crippen molar-refractivity contribution < 1.29 is 27.2 Å². The maximum atomic E-state index is 13.7. The SMILES string of the molecule is COc1ccc2c(N3CCC(CNS(=N)(=O)C[n+]4cnc(N5CCC(CNS(C)(=N)=O)CC5)c5cc(OC)c(OC)cc54)CC3)ccnc2c1. The first kappa shape index (κ1) is 35.8. The van der Waals surface area contributed by atoms with Gasteiger partial charge in [-0.25, -0.2) is 32.0 Å². The average Bonchev–Trinajstić information content (AvgIpc) is 3.12. The minimum atomic E-state index is -3.22. The molecule has 16 heteroatoms. The van der Waals surface area contributed by atoms with Crippen LogP contribution in [-0.4, -0.2) is 85.2 Å². The minimum Gasteiger partial charge on any atom is -0.497 e. The standard InChI is InChI=1S/C34H48N9O5S2/c1-46-26-5-6-27-29(17-26)37-12-7-30(27)41-13-8-25(9-14-41)21-40-50(36,45)23-43-22-38-34(28-18-32(47-2)33(48-3)19-31(28)43)42-15-10-24(11-16-42)20-39-49(4,35)44/h5-7,12,17-19,22,24-25H,8-11,13-16,20-21,23H2,1-4H3,(H2,35,39,44)(H2,36,40,45)/q+1. The van der Waals surface area contributed by atoms with Gasteiger partial charge in [0.15, 0.2) is 17.4 Å². The summed E-state index contributed by atoms with van der Waals surface area (Å²) in [6.07, 6.45) is 8.46. The van der Waals surface area contributed by atoms with Gasteiger partial charge in [-0.15, -0.1) is 0 Å². The normalized spacial score (nSPS) is 18.6. The van der Waals surface area contributed by atoms with Gasteiger partial charge >= 0.3 is 0 Å². The lowest BCUT2D eigenvalue weighted by Crippen LogP contribution is -2.45. The maximum Gasteiger partial charge on any atom is 0.290 e. The molecule has 2 aromatic heterocycles. The van der Waals surface area contributed by atoms with Crippen LogP contribution in [0.1, 0.15) is 25.7 Å². The van der Waals surface area contributed by atoms with Crippen molar-refractivity contribution in [3.63, 3.8) is 0 Å². The molecule has 2 saturated heterocycles. The van der Waals surface area contributed by atoms with E-state index in [1.54, 1.807) is 32.2 Å². The van der Waals surface area contributed by atoms with Crippen molar-refractivity contribution in [1.82, 2.24) is 19.4 Å². The van der Waals surface area contributed by atoms with Crippen LogP contribution in [0.15, 0.2) is 48.9 Å². The number of methoxy groups -OCH3 is 3. The molecule has 270 valence electrons. The van der Waals surface area contributed by atoms with Crippen molar-refractivity contribution in [2.45, 2.75) is 31.6 Å². The summed E-state index contributed by atoms with van der Waals surface area (Å²) >= 11 is 0. The Morgan fingerprint density at radius 1 is 0.820 bits per heavy atom. The molecule has 2 atom stereocenters. The van der Waals surface area contributed by atoms with Crippen LogP contribution >= 0.6 is 0 Å². The summed E-state index contributed by atoms with van der Waals surface area (Å²) < 4.78 is 66.3. The van der Waals surface area contributed by atoms with Crippen LogP contribution in [0.25, 0.3) is 21.8 Å². The fourth-order valence-corrected chi connectivity index (χ4v) is 8.66. The van der Waals surface area contributed by atoms with E-state index in [0.29, 0.717) is 36.4 Å². The van der Waals surface area contributed by atoms with E-state index in [1.165, 1.54) is 6.26 Å². The van der Waals surface area contributed by atoms with Gasteiger partial charge in [0.2, 0.25) is 0 Å². The van der Waals surface area contributed by atoms with Gasteiger partial charge in [0.25, 0.3) is 12.1 Å². The molecular weight excluding hydrogens is 679 g/mol. The van der Waals surface area contributed by atoms with Crippen LogP contribution in [0.5, 0.6) is 17.2 Å². The lowest BCUT2D eigenvalue weighted by molar-refractivity contribution is -0.653. The highest BCUT2D eigenvalue weighted by Gasteiger charge is 2.29. The molecule has 50 heavy (non-hydrogen) atoms. The summed E-state index contributed by atoms with van der Waals surface area (Å²) in [6.45, 7) is 4.25. The molecule has 2 fully saturated rings. The Labute approximate surface area is 294 Å². The van der Waals surface area contributed by atoms with Crippen LogP contribution < -0.4 is 38.0 Å². The second-order valence-corrected chi connectivity index (χ2v) is 17.1. The van der Waals surface area contributed by atoms with Crippen LogP contribution in [-0.2, 0) is 25.7 Å². The summed E-state index contributed by atoms with van der Waals surface area (Å²) in [5.74, 6) is 3.19. The molecule has 2 aliphatic heterocycles. The zero-order chi connectivity index (χ0) is 35.5. The summed E-state index contributed by atoms with van der Waals surface area (Å²) in [4.78, 5) is 13.9. The van der Waals surface area contributed by atoms with Gasteiger partial charge in [-0.2, -0.15) is 0 Å². The maximum absolute atomic E-state index is 13.7. The van der Waals surface area contributed by atoms with Crippen LogP contribution in [0, 0.1) is 21.4 Å². The first-order chi connectivity index (χ1) is 24.0. The van der Waals surface area contributed by atoms with E-state index >= 15 is 0 Å². The summed E-state index contributed by atoms with van der Waals surface area (Å²) in [7, 11) is -1.13. The van der Waals surface area contributed by atoms with Crippen LogP contribution in [0.3, 0.4) is 0 Å². The molecule has 4 heterocycles. The number of nitrogens with one attached hydrogen (secondary N) is 4. The molecule has 0 radical (unpaired) electrons. The number of anilines is 2. The Hall–Kier alpha value is -3.99. The van der Waals surface area contributed by atoms with Crippen molar-refractivity contribution in [3.8, 4) is 17.2 Å². The Morgan fingerprint density at radius 3 is 2.10 bits per heavy atom. The Bertz CT molecular complexity index is 2050. The van der Waals surface area contributed by atoms with Crippen molar-refractivity contribution in [2.24, 2.45) is 11.8 Å². The fourth-order valence-electron chi connectivity index (χ4n) is 6.91. The molecule has 2 aromatic carbocycles. The third-order valence-corrected chi connectivity index (χ3v) is 11.7. The van der Waals surface area contributed by atoms with Gasteiger partial charge < -0.3 is 24.0 Å². The predicted octanol–water partition coefficient (Wildman–Crippen LogP) is 3.92. The number of nitrogens with zero attached hydrogens (tertiary/aromatic N) is 5. The van der Waals surface area contributed by atoms with Gasteiger partial charge in [-0.05, 0) is 60.7 Å². The predicted molar refractivity (Wildman–Crippen MR) is 197 cm³/mol. The Morgan fingerprint density at radius 2 is 1.46 bits per heavy atom. The molecule has 0 saturated carbocycles. The van der Waals surface area contributed by atoms with Crippen LogP contribution in [0.2, 0.25) is 0 Å². The van der Waals surface area contributed by atoms with Crippen molar-refractivity contribution >= 4 is 53.1 Å². The number of rotatable bonds is 13. The fraction of sp³-hybridized carbons (Fsp3) is 0.500. The third kappa shape index (κ3) is 8.30. The molecular formula is C34H48N9O5S2+. The van der Waals surface area contributed by atoms with E-state index in [1.807, 2.05) is 30.5 Å². The quantitative estimate of drug-likeness (QED) is 0.149. The number of aromatic nitrogens is 3. The topological polar surface area (TPSA) is 170 Å². The molecule has 0 aliphatic carbocycles. The van der Waals surface area contributed by atoms with Gasteiger partial charge in [0, 0.05) is 81.0 Å². The number of fused-ring (bicyclic) bond motifs is 2. The zero-order valence-electron chi connectivity index (χ0n) is 29.1. The Kier molecular flexibility index (Phi) is 10.8. The second kappa shape index (κ2) is 15.1. The number of hydrogen-bond donors (Lipinski definition) is 4.